The molecule has 1 aliphatic carbocycles. The summed E-state index contributed by atoms with van der Waals surface area (Å²) < 4.78 is 5.53. The maximum absolute atomic E-state index is 5.53. The van der Waals surface area contributed by atoms with Crippen molar-refractivity contribution in [2.45, 2.75) is 25.4 Å². The summed E-state index contributed by atoms with van der Waals surface area (Å²) in [5, 5.41) is 6.66. The van der Waals surface area contributed by atoms with E-state index in [1.807, 2.05) is 30.3 Å². The van der Waals surface area contributed by atoms with Crippen LogP contribution in [0.2, 0.25) is 0 Å². The van der Waals surface area contributed by atoms with Gasteiger partial charge < -0.3 is 15.1 Å². The van der Waals surface area contributed by atoms with Crippen LogP contribution in [0.5, 0.6) is 0 Å². The summed E-state index contributed by atoms with van der Waals surface area (Å²) in [6, 6.07) is 10.3. The Bertz CT molecular complexity index is 652. The lowest BCUT2D eigenvalue weighted by molar-refractivity contribution is 0.571. The van der Waals surface area contributed by atoms with E-state index in [1.54, 1.807) is 13.3 Å². The second-order valence-electron chi connectivity index (χ2n) is 5.22. The van der Waals surface area contributed by atoms with Gasteiger partial charge in [-0.25, -0.2) is 4.98 Å². The zero-order valence-corrected chi connectivity index (χ0v) is 12.6. The molecule has 22 heavy (non-hydrogen) atoms. The number of aliphatic imine (C=N–C) groups is 1. The van der Waals surface area contributed by atoms with Crippen LogP contribution in [0.3, 0.4) is 0 Å². The maximum atomic E-state index is 5.53. The van der Waals surface area contributed by atoms with E-state index in [-0.39, 0.29) is 0 Å². The van der Waals surface area contributed by atoms with Crippen molar-refractivity contribution in [2.24, 2.45) is 4.99 Å². The fraction of sp³-hybridized carbons (Fsp3) is 0.294. The number of nitrogens with zero attached hydrogens (tertiary/aromatic N) is 2. The normalized spacial score (nSPS) is 15.2. The van der Waals surface area contributed by atoms with Gasteiger partial charge in [0.25, 0.3) is 0 Å². The van der Waals surface area contributed by atoms with Gasteiger partial charge in [-0.05, 0) is 25.0 Å². The molecule has 5 heteroatoms. The number of benzene rings is 1. The van der Waals surface area contributed by atoms with Crippen molar-refractivity contribution in [3.8, 4) is 11.5 Å². The molecule has 0 aliphatic heterocycles. The van der Waals surface area contributed by atoms with Crippen LogP contribution in [0.4, 0.5) is 0 Å². The number of guanidine groups is 1. The van der Waals surface area contributed by atoms with Crippen LogP contribution in [0.15, 0.2) is 58.2 Å². The van der Waals surface area contributed by atoms with E-state index in [0.717, 1.165) is 30.1 Å². The van der Waals surface area contributed by atoms with Gasteiger partial charge in [-0.2, -0.15) is 0 Å². The molecule has 3 rings (SSSR count). The van der Waals surface area contributed by atoms with E-state index in [1.165, 1.54) is 0 Å². The monoisotopic (exact) mass is 296 g/mol. The number of hydrogen-bond donors (Lipinski definition) is 2. The summed E-state index contributed by atoms with van der Waals surface area (Å²) in [6.45, 7) is 0.580. The van der Waals surface area contributed by atoms with Crippen LogP contribution < -0.4 is 10.6 Å². The molecule has 2 N–H and O–H groups in total. The molecule has 0 atom stereocenters. The third kappa shape index (κ3) is 3.55. The third-order valence-corrected chi connectivity index (χ3v) is 3.58. The standard InChI is InChI=1S/C17H20N4O/c1-18-17(21-14-9-5-6-10-14)19-11-15-12-22-16(20-15)13-7-3-2-4-8-13/h2-8,12,14H,9-11H2,1H3,(H2,18,19,21). The molecule has 2 aromatic rings. The van der Waals surface area contributed by atoms with E-state index >= 15 is 0 Å². The van der Waals surface area contributed by atoms with Gasteiger partial charge in [0.15, 0.2) is 5.96 Å². The van der Waals surface area contributed by atoms with E-state index in [2.05, 4.69) is 32.8 Å². The minimum Gasteiger partial charge on any atom is -0.444 e. The second kappa shape index (κ2) is 6.93. The zero-order chi connectivity index (χ0) is 15.2. The lowest BCUT2D eigenvalue weighted by Crippen LogP contribution is -2.42. The van der Waals surface area contributed by atoms with E-state index in [0.29, 0.717) is 18.5 Å². The molecule has 0 amide bonds. The molecule has 5 nitrogen and oxygen atoms in total. The van der Waals surface area contributed by atoms with Crippen molar-refractivity contribution in [1.29, 1.82) is 0 Å². The number of oxazole rings is 1. The van der Waals surface area contributed by atoms with Crippen LogP contribution in [0, 0.1) is 0 Å². The Labute approximate surface area is 130 Å². The SMILES string of the molecule is CN=C(NCc1coc(-c2ccccc2)n1)NC1CC=CC1. The smallest absolute Gasteiger partial charge is 0.226 e. The largest absolute Gasteiger partial charge is 0.444 e. The maximum Gasteiger partial charge on any atom is 0.226 e. The predicted molar refractivity (Wildman–Crippen MR) is 87.4 cm³/mol. The highest BCUT2D eigenvalue weighted by Crippen LogP contribution is 2.17. The summed E-state index contributed by atoms with van der Waals surface area (Å²) in [6.07, 6.45) is 8.15. The lowest BCUT2D eigenvalue weighted by atomic mass is 10.2. The number of hydrogen-bond acceptors (Lipinski definition) is 3. The first-order valence-electron chi connectivity index (χ1n) is 7.47. The Morgan fingerprint density at radius 1 is 1.27 bits per heavy atom. The molecular weight excluding hydrogens is 276 g/mol. The Kier molecular flexibility index (Phi) is 4.53. The molecular formula is C17H20N4O. The average Bonchev–Trinajstić information content (AvgIpc) is 3.24. The van der Waals surface area contributed by atoms with Gasteiger partial charge in [0.05, 0.1) is 12.2 Å². The minimum atomic E-state index is 0.434. The molecule has 1 aromatic carbocycles. The van der Waals surface area contributed by atoms with Crippen LogP contribution >= 0.6 is 0 Å². The molecule has 0 saturated carbocycles. The first-order chi connectivity index (χ1) is 10.8. The number of rotatable bonds is 4. The van der Waals surface area contributed by atoms with Crippen LogP contribution in [0.25, 0.3) is 11.5 Å². The molecule has 0 radical (unpaired) electrons. The summed E-state index contributed by atoms with van der Waals surface area (Å²) in [5.74, 6) is 1.43. The molecule has 0 saturated heterocycles. The average molecular weight is 296 g/mol. The van der Waals surface area contributed by atoms with Crippen molar-refractivity contribution in [1.82, 2.24) is 15.6 Å². The summed E-state index contributed by atoms with van der Waals surface area (Å²) in [7, 11) is 1.77. The van der Waals surface area contributed by atoms with Crippen LogP contribution in [-0.4, -0.2) is 24.0 Å². The lowest BCUT2D eigenvalue weighted by Gasteiger charge is -2.16. The quantitative estimate of drug-likeness (QED) is 0.517. The highest BCUT2D eigenvalue weighted by Gasteiger charge is 2.12. The van der Waals surface area contributed by atoms with Gasteiger partial charge in [0.1, 0.15) is 6.26 Å². The van der Waals surface area contributed by atoms with Crippen molar-refractivity contribution >= 4 is 5.96 Å². The van der Waals surface area contributed by atoms with Crippen LogP contribution in [0.1, 0.15) is 18.5 Å². The number of nitrogens with one attached hydrogen (secondary N) is 2. The Hall–Kier alpha value is -2.56. The molecule has 1 aromatic heterocycles. The fourth-order valence-corrected chi connectivity index (χ4v) is 2.40. The predicted octanol–water partition coefficient (Wildman–Crippen LogP) is 2.73. The van der Waals surface area contributed by atoms with Gasteiger partial charge in [-0.15, -0.1) is 0 Å². The second-order valence-corrected chi connectivity index (χ2v) is 5.22. The van der Waals surface area contributed by atoms with Gasteiger partial charge >= 0.3 is 0 Å². The zero-order valence-electron chi connectivity index (χ0n) is 12.6. The fourth-order valence-electron chi connectivity index (χ4n) is 2.40. The van der Waals surface area contributed by atoms with Gasteiger partial charge in [-0.3, -0.25) is 4.99 Å². The Morgan fingerprint density at radius 2 is 2.05 bits per heavy atom. The molecule has 0 unspecified atom stereocenters. The van der Waals surface area contributed by atoms with Gasteiger partial charge in [-0.1, -0.05) is 30.4 Å². The summed E-state index contributed by atoms with van der Waals surface area (Å²) >= 11 is 0. The van der Waals surface area contributed by atoms with Gasteiger partial charge in [0.2, 0.25) is 5.89 Å². The third-order valence-electron chi connectivity index (χ3n) is 3.58. The first kappa shape index (κ1) is 14.4. The molecule has 1 aliphatic rings. The molecule has 0 fully saturated rings. The van der Waals surface area contributed by atoms with E-state index in [9.17, 15) is 0 Å². The highest BCUT2D eigenvalue weighted by molar-refractivity contribution is 5.80. The topological polar surface area (TPSA) is 62.5 Å². The van der Waals surface area contributed by atoms with Crippen LogP contribution in [-0.2, 0) is 6.54 Å². The van der Waals surface area contributed by atoms with Crippen molar-refractivity contribution in [3.63, 3.8) is 0 Å². The highest BCUT2D eigenvalue weighted by atomic mass is 16.3. The van der Waals surface area contributed by atoms with E-state index < -0.39 is 0 Å². The molecule has 0 bridgehead atoms. The minimum absolute atomic E-state index is 0.434. The Morgan fingerprint density at radius 3 is 2.77 bits per heavy atom. The first-order valence-corrected chi connectivity index (χ1v) is 7.47. The van der Waals surface area contributed by atoms with E-state index in [4.69, 9.17) is 4.42 Å². The summed E-state index contributed by atoms with van der Waals surface area (Å²) in [5.41, 5.74) is 1.83. The molecule has 114 valence electrons. The Balaban J connectivity index is 1.56. The van der Waals surface area contributed by atoms with Gasteiger partial charge in [0, 0.05) is 18.7 Å². The molecule has 0 spiro atoms. The number of aromatic nitrogens is 1. The molecule has 1 heterocycles. The van der Waals surface area contributed by atoms with Crippen molar-refractivity contribution in [2.75, 3.05) is 7.05 Å². The summed E-state index contributed by atoms with van der Waals surface area (Å²) in [4.78, 5) is 8.73. The van der Waals surface area contributed by atoms with Crippen molar-refractivity contribution in [3.05, 3.63) is 54.4 Å². The van der Waals surface area contributed by atoms with Crippen molar-refractivity contribution < 1.29 is 4.42 Å².